The summed E-state index contributed by atoms with van der Waals surface area (Å²) in [6.45, 7) is 6.53. The van der Waals surface area contributed by atoms with Crippen LogP contribution in [0.1, 0.15) is 18.3 Å². The molecular formula is C18H21N9O. The number of nitrogens with one attached hydrogen (secondary N) is 1. The number of nitrogen functional groups attached to an aromatic ring is 1. The average molecular weight is 379 g/mol. The highest BCUT2D eigenvalue weighted by atomic mass is 16.2. The first-order valence-electron chi connectivity index (χ1n) is 8.93. The molecule has 0 saturated carbocycles. The molecule has 10 nitrogen and oxygen atoms in total. The standard InChI is InChI=1S/C18H21N9O/c1-4-27-13(8-11(2)24-27)21-14(28)9-25-10-20-15-16(25)22-18(19)23-17(15)26-7-5-6-12(26)3/h5-8,10H,4,9H2,1-3H3,(H,21,28)(H2,19,22,23). The SMILES string of the molecule is CCn1nc(C)cc1NC(=O)Cn1cnc2c(-n3cccc3C)nc(N)nc21. The number of imidazole rings is 1. The number of hydrogen-bond donors (Lipinski definition) is 2. The van der Waals surface area contributed by atoms with E-state index < -0.39 is 0 Å². The van der Waals surface area contributed by atoms with E-state index in [1.165, 1.54) is 0 Å². The molecule has 28 heavy (non-hydrogen) atoms. The van der Waals surface area contributed by atoms with E-state index in [9.17, 15) is 4.79 Å². The zero-order valence-corrected chi connectivity index (χ0v) is 15.9. The fourth-order valence-electron chi connectivity index (χ4n) is 3.16. The lowest BCUT2D eigenvalue weighted by Crippen LogP contribution is -2.20. The minimum atomic E-state index is -0.204. The summed E-state index contributed by atoms with van der Waals surface area (Å²) in [4.78, 5) is 25.6. The number of nitrogens with two attached hydrogens (primary N) is 1. The van der Waals surface area contributed by atoms with Gasteiger partial charge in [-0.25, -0.2) is 9.67 Å². The van der Waals surface area contributed by atoms with Gasteiger partial charge in [-0.3, -0.25) is 4.79 Å². The predicted octanol–water partition coefficient (Wildman–Crippen LogP) is 1.67. The number of aromatic nitrogens is 7. The van der Waals surface area contributed by atoms with Crippen LogP contribution in [-0.4, -0.2) is 39.8 Å². The molecule has 0 radical (unpaired) electrons. The van der Waals surface area contributed by atoms with Gasteiger partial charge in [-0.05, 0) is 32.9 Å². The molecule has 1 amide bonds. The molecule has 0 fully saturated rings. The molecular weight excluding hydrogens is 358 g/mol. The lowest BCUT2D eigenvalue weighted by molar-refractivity contribution is -0.116. The summed E-state index contributed by atoms with van der Waals surface area (Å²) in [7, 11) is 0. The number of aryl methyl sites for hydroxylation is 3. The summed E-state index contributed by atoms with van der Waals surface area (Å²) in [5.74, 6) is 1.17. The Hall–Kier alpha value is -3.69. The van der Waals surface area contributed by atoms with Crippen molar-refractivity contribution in [2.24, 2.45) is 0 Å². The minimum absolute atomic E-state index is 0.0466. The normalized spacial score (nSPS) is 11.2. The van der Waals surface area contributed by atoms with Gasteiger partial charge in [-0.15, -0.1) is 0 Å². The highest BCUT2D eigenvalue weighted by Gasteiger charge is 2.17. The summed E-state index contributed by atoms with van der Waals surface area (Å²) in [6, 6.07) is 5.72. The van der Waals surface area contributed by atoms with Crippen LogP contribution in [0, 0.1) is 13.8 Å². The van der Waals surface area contributed by atoms with Gasteiger partial charge < -0.3 is 20.2 Å². The second-order valence-electron chi connectivity index (χ2n) is 6.50. The van der Waals surface area contributed by atoms with E-state index in [1.807, 2.05) is 49.7 Å². The molecule has 0 atom stereocenters. The lowest BCUT2D eigenvalue weighted by atomic mass is 10.4. The molecule has 10 heteroatoms. The maximum atomic E-state index is 12.6. The topological polar surface area (TPSA) is 121 Å². The Kier molecular flexibility index (Phi) is 4.30. The Morgan fingerprint density at radius 2 is 2.11 bits per heavy atom. The third-order valence-electron chi connectivity index (χ3n) is 4.43. The van der Waals surface area contributed by atoms with E-state index in [0.717, 1.165) is 11.4 Å². The van der Waals surface area contributed by atoms with Gasteiger partial charge in [0.05, 0.1) is 12.0 Å². The molecule has 0 aliphatic heterocycles. The number of rotatable bonds is 5. The second kappa shape index (κ2) is 6.80. The van der Waals surface area contributed by atoms with Crippen LogP contribution in [0.4, 0.5) is 11.8 Å². The van der Waals surface area contributed by atoms with Gasteiger partial charge in [0.1, 0.15) is 12.4 Å². The van der Waals surface area contributed by atoms with E-state index in [4.69, 9.17) is 5.73 Å². The maximum absolute atomic E-state index is 12.6. The molecule has 0 spiro atoms. The average Bonchev–Trinajstić information content (AvgIpc) is 3.34. The zero-order chi connectivity index (χ0) is 19.8. The van der Waals surface area contributed by atoms with Gasteiger partial charge in [0.2, 0.25) is 11.9 Å². The van der Waals surface area contributed by atoms with Crippen molar-refractivity contribution in [1.29, 1.82) is 0 Å². The third kappa shape index (κ3) is 3.08. The number of nitrogens with zero attached hydrogens (tertiary/aromatic N) is 7. The Labute approximate surface area is 161 Å². The minimum Gasteiger partial charge on any atom is -0.368 e. The summed E-state index contributed by atoms with van der Waals surface area (Å²) in [6.07, 6.45) is 3.46. The zero-order valence-electron chi connectivity index (χ0n) is 15.9. The smallest absolute Gasteiger partial charge is 0.245 e. The van der Waals surface area contributed by atoms with Crippen molar-refractivity contribution in [3.8, 4) is 5.82 Å². The monoisotopic (exact) mass is 379 g/mol. The first-order chi connectivity index (χ1) is 13.5. The summed E-state index contributed by atoms with van der Waals surface area (Å²) >= 11 is 0. The van der Waals surface area contributed by atoms with Crippen molar-refractivity contribution < 1.29 is 4.79 Å². The van der Waals surface area contributed by atoms with E-state index in [2.05, 4.69) is 25.4 Å². The van der Waals surface area contributed by atoms with Crippen LogP contribution in [0.25, 0.3) is 17.0 Å². The Balaban J connectivity index is 1.65. The molecule has 4 aromatic heterocycles. The van der Waals surface area contributed by atoms with Gasteiger partial charge >= 0.3 is 0 Å². The highest BCUT2D eigenvalue weighted by Crippen LogP contribution is 2.21. The first kappa shape index (κ1) is 17.7. The maximum Gasteiger partial charge on any atom is 0.245 e. The van der Waals surface area contributed by atoms with Gasteiger partial charge in [-0.2, -0.15) is 15.1 Å². The van der Waals surface area contributed by atoms with Crippen LogP contribution in [0.2, 0.25) is 0 Å². The quantitative estimate of drug-likeness (QED) is 0.544. The largest absolute Gasteiger partial charge is 0.368 e. The number of hydrogen-bond acceptors (Lipinski definition) is 6. The van der Waals surface area contributed by atoms with E-state index in [-0.39, 0.29) is 18.4 Å². The van der Waals surface area contributed by atoms with E-state index in [0.29, 0.717) is 29.3 Å². The van der Waals surface area contributed by atoms with Crippen molar-refractivity contribution in [2.75, 3.05) is 11.1 Å². The van der Waals surface area contributed by atoms with Crippen LogP contribution < -0.4 is 11.1 Å². The molecule has 0 unspecified atom stereocenters. The lowest BCUT2D eigenvalue weighted by Gasteiger charge is -2.09. The van der Waals surface area contributed by atoms with Crippen LogP contribution in [0.3, 0.4) is 0 Å². The summed E-state index contributed by atoms with van der Waals surface area (Å²) in [5.41, 5.74) is 8.84. The second-order valence-corrected chi connectivity index (χ2v) is 6.50. The fraction of sp³-hybridized carbons (Fsp3) is 0.278. The van der Waals surface area contributed by atoms with Crippen LogP contribution >= 0.6 is 0 Å². The molecule has 0 saturated heterocycles. The number of carbonyl (C=O) groups is 1. The molecule has 0 aliphatic carbocycles. The predicted molar refractivity (Wildman–Crippen MR) is 105 cm³/mol. The van der Waals surface area contributed by atoms with Gasteiger partial charge in [0, 0.05) is 24.5 Å². The van der Waals surface area contributed by atoms with Crippen LogP contribution in [-0.2, 0) is 17.9 Å². The molecule has 3 N–H and O–H groups in total. The fourth-order valence-corrected chi connectivity index (χ4v) is 3.16. The van der Waals surface area contributed by atoms with Crippen molar-refractivity contribution in [1.82, 2.24) is 33.9 Å². The van der Waals surface area contributed by atoms with Crippen molar-refractivity contribution in [3.05, 3.63) is 42.1 Å². The molecule has 0 bridgehead atoms. The molecule has 4 aromatic rings. The first-order valence-corrected chi connectivity index (χ1v) is 8.93. The van der Waals surface area contributed by atoms with Crippen molar-refractivity contribution in [2.45, 2.75) is 33.9 Å². The highest BCUT2D eigenvalue weighted by molar-refractivity contribution is 5.91. The molecule has 4 rings (SSSR count). The number of carbonyl (C=O) groups excluding carboxylic acids is 1. The van der Waals surface area contributed by atoms with Crippen molar-refractivity contribution >= 4 is 28.8 Å². The molecule has 4 heterocycles. The number of fused-ring (bicyclic) bond motifs is 1. The molecule has 0 aliphatic rings. The number of anilines is 2. The Morgan fingerprint density at radius 1 is 1.29 bits per heavy atom. The Bertz CT molecular complexity index is 1170. The number of amides is 1. The van der Waals surface area contributed by atoms with Gasteiger partial charge in [0.15, 0.2) is 17.0 Å². The van der Waals surface area contributed by atoms with Crippen molar-refractivity contribution in [3.63, 3.8) is 0 Å². The van der Waals surface area contributed by atoms with Gasteiger partial charge in [-0.1, -0.05) is 0 Å². The van der Waals surface area contributed by atoms with E-state index >= 15 is 0 Å². The van der Waals surface area contributed by atoms with E-state index in [1.54, 1.807) is 15.6 Å². The molecule has 144 valence electrons. The summed E-state index contributed by atoms with van der Waals surface area (Å²) < 4.78 is 5.29. The summed E-state index contributed by atoms with van der Waals surface area (Å²) in [5, 5.41) is 7.22. The van der Waals surface area contributed by atoms with Crippen LogP contribution in [0.15, 0.2) is 30.7 Å². The van der Waals surface area contributed by atoms with Gasteiger partial charge in [0.25, 0.3) is 0 Å². The molecule has 0 aromatic carbocycles. The Morgan fingerprint density at radius 3 is 2.82 bits per heavy atom. The third-order valence-corrected chi connectivity index (χ3v) is 4.43. The van der Waals surface area contributed by atoms with Crippen LogP contribution in [0.5, 0.6) is 0 Å².